The van der Waals surface area contributed by atoms with Crippen molar-refractivity contribution in [2.24, 2.45) is 18.7 Å². The van der Waals surface area contributed by atoms with Crippen LogP contribution in [0, 0.1) is 11.3 Å². The maximum absolute atomic E-state index is 13.1. The van der Waals surface area contributed by atoms with Gasteiger partial charge in [0, 0.05) is 48.3 Å². The number of nitrogens with zero attached hydrogens (tertiary/aromatic N) is 2. The van der Waals surface area contributed by atoms with Crippen LogP contribution in [0.25, 0.3) is 10.9 Å². The van der Waals surface area contributed by atoms with Crippen LogP contribution in [0.2, 0.25) is 0 Å². The normalized spacial score (nSPS) is 14.0. The average molecular weight is 503 g/mol. The number of ketones is 1. The summed E-state index contributed by atoms with van der Waals surface area (Å²) in [7, 11) is 1.84. The summed E-state index contributed by atoms with van der Waals surface area (Å²) in [5.74, 6) is -0.912. The number of hydrogen-bond acceptors (Lipinski definition) is 4. The number of amides is 1. The van der Waals surface area contributed by atoms with Gasteiger partial charge in [0.05, 0.1) is 5.52 Å². The Balaban J connectivity index is 1.52. The number of carboxylic acids is 1. The van der Waals surface area contributed by atoms with Gasteiger partial charge in [0.15, 0.2) is 5.78 Å². The number of carbonyl (C=O) groups is 3. The number of nitrogens with one attached hydrogen (secondary N) is 1. The topological polar surface area (TPSA) is 129 Å². The van der Waals surface area contributed by atoms with Crippen molar-refractivity contribution in [2.75, 3.05) is 11.4 Å². The first-order valence-corrected chi connectivity index (χ1v) is 12.8. The number of amidine groups is 1. The number of fused-ring (bicyclic) bond motifs is 1. The maximum atomic E-state index is 13.1. The van der Waals surface area contributed by atoms with Gasteiger partial charge >= 0.3 is 5.97 Å². The molecule has 1 aromatic heterocycles. The number of anilines is 1. The Morgan fingerprint density at radius 2 is 1.78 bits per heavy atom. The van der Waals surface area contributed by atoms with E-state index in [-0.39, 0.29) is 17.5 Å². The summed E-state index contributed by atoms with van der Waals surface area (Å²) in [4.78, 5) is 39.2. The van der Waals surface area contributed by atoms with Gasteiger partial charge in [-0.2, -0.15) is 0 Å². The van der Waals surface area contributed by atoms with E-state index in [4.69, 9.17) is 11.1 Å². The van der Waals surface area contributed by atoms with Crippen LogP contribution in [-0.2, 0) is 23.1 Å². The summed E-state index contributed by atoms with van der Waals surface area (Å²) in [5, 5.41) is 17.7. The molecule has 4 rings (SSSR count). The Labute approximate surface area is 216 Å². The molecule has 8 heteroatoms. The van der Waals surface area contributed by atoms with E-state index < -0.39 is 12.5 Å². The van der Waals surface area contributed by atoms with E-state index >= 15 is 0 Å². The summed E-state index contributed by atoms with van der Waals surface area (Å²) in [5.41, 5.74) is 9.04. The fourth-order valence-corrected chi connectivity index (χ4v) is 5.21. The van der Waals surface area contributed by atoms with Crippen molar-refractivity contribution in [1.29, 1.82) is 5.41 Å². The SMILES string of the molecule is Cn1cc(C(=O)CCc2ccc(C(=N)N)cc2)c2ccc(N(CC(=O)O)C(=O)CC3CCCCC3)cc21. The number of nitrogen functional groups attached to an aromatic ring is 1. The van der Waals surface area contributed by atoms with Crippen LogP contribution in [0.4, 0.5) is 5.69 Å². The fourth-order valence-electron chi connectivity index (χ4n) is 5.21. The molecule has 37 heavy (non-hydrogen) atoms. The number of aromatic nitrogens is 1. The molecular formula is C29H34N4O4. The van der Waals surface area contributed by atoms with Gasteiger partial charge in [-0.3, -0.25) is 19.8 Å². The van der Waals surface area contributed by atoms with Crippen molar-refractivity contribution in [3.8, 4) is 0 Å². The standard InChI is InChI=1S/C29H34N4O4/c1-32-17-24(26(34)14-9-19-7-10-21(11-8-19)29(30)31)23-13-12-22(16-25(23)32)33(18-28(36)37)27(35)15-20-5-3-2-4-6-20/h7-8,10-13,16-17,20H,2-6,9,14-15,18H2,1H3,(H3,30,31)(H,36,37). The number of hydrogen-bond donors (Lipinski definition) is 3. The zero-order valence-electron chi connectivity index (χ0n) is 21.2. The molecule has 8 nitrogen and oxygen atoms in total. The van der Waals surface area contributed by atoms with Crippen LogP contribution < -0.4 is 10.6 Å². The van der Waals surface area contributed by atoms with Gasteiger partial charge in [-0.1, -0.05) is 49.6 Å². The molecule has 3 aromatic rings. The van der Waals surface area contributed by atoms with Crippen LogP contribution in [0.5, 0.6) is 0 Å². The lowest BCUT2D eigenvalue weighted by atomic mass is 9.86. The first-order valence-electron chi connectivity index (χ1n) is 12.8. The first-order chi connectivity index (χ1) is 17.7. The molecule has 194 valence electrons. The molecule has 1 aliphatic rings. The van der Waals surface area contributed by atoms with Crippen LogP contribution in [-0.4, -0.2) is 39.7 Å². The van der Waals surface area contributed by atoms with Crippen LogP contribution in [0.3, 0.4) is 0 Å². The molecule has 0 bridgehead atoms. The predicted molar refractivity (Wildman–Crippen MR) is 144 cm³/mol. The van der Waals surface area contributed by atoms with Gasteiger partial charge in [0.1, 0.15) is 12.4 Å². The second-order valence-electron chi connectivity index (χ2n) is 9.97. The minimum absolute atomic E-state index is 0.00441. The summed E-state index contributed by atoms with van der Waals surface area (Å²) < 4.78 is 1.85. The van der Waals surface area contributed by atoms with Gasteiger partial charge in [0.2, 0.25) is 5.91 Å². The zero-order valence-corrected chi connectivity index (χ0v) is 21.2. The highest BCUT2D eigenvalue weighted by atomic mass is 16.4. The summed E-state index contributed by atoms with van der Waals surface area (Å²) in [6, 6.07) is 12.7. The zero-order chi connectivity index (χ0) is 26.5. The number of carbonyl (C=O) groups excluding carboxylic acids is 2. The van der Waals surface area contributed by atoms with Crippen LogP contribution >= 0.6 is 0 Å². The monoisotopic (exact) mass is 502 g/mol. The molecule has 1 aliphatic carbocycles. The number of aliphatic carboxylic acids is 1. The number of aryl methyl sites for hydroxylation is 2. The van der Waals surface area contributed by atoms with E-state index in [0.29, 0.717) is 42.0 Å². The van der Waals surface area contributed by atoms with Crippen molar-refractivity contribution >= 4 is 40.1 Å². The molecule has 1 amide bonds. The van der Waals surface area contributed by atoms with E-state index in [2.05, 4.69) is 0 Å². The molecule has 0 aliphatic heterocycles. The van der Waals surface area contributed by atoms with E-state index in [1.54, 1.807) is 30.5 Å². The van der Waals surface area contributed by atoms with Gasteiger partial charge in [0.25, 0.3) is 0 Å². The number of rotatable bonds is 10. The van der Waals surface area contributed by atoms with Gasteiger partial charge in [-0.05, 0) is 42.9 Å². The molecule has 0 spiro atoms. The molecular weight excluding hydrogens is 468 g/mol. The second-order valence-corrected chi connectivity index (χ2v) is 9.97. The Hall–Kier alpha value is -3.94. The van der Waals surface area contributed by atoms with Gasteiger partial charge in [-0.25, -0.2) is 0 Å². The van der Waals surface area contributed by atoms with E-state index in [9.17, 15) is 19.5 Å². The highest BCUT2D eigenvalue weighted by Crippen LogP contribution is 2.30. The maximum Gasteiger partial charge on any atom is 0.323 e. The van der Waals surface area contributed by atoms with E-state index in [1.807, 2.05) is 29.8 Å². The third-order valence-electron chi connectivity index (χ3n) is 7.27. The van der Waals surface area contributed by atoms with Crippen molar-refractivity contribution in [1.82, 2.24) is 4.57 Å². The molecule has 0 saturated heterocycles. The molecule has 1 saturated carbocycles. The predicted octanol–water partition coefficient (Wildman–Crippen LogP) is 4.67. The van der Waals surface area contributed by atoms with Crippen molar-refractivity contribution in [2.45, 2.75) is 51.4 Å². The molecule has 1 heterocycles. The number of carboxylic acid groups (broad SMARTS) is 1. The largest absolute Gasteiger partial charge is 0.480 e. The Kier molecular flexibility index (Phi) is 8.06. The highest BCUT2D eigenvalue weighted by molar-refractivity contribution is 6.09. The summed E-state index contributed by atoms with van der Waals surface area (Å²) in [6.45, 7) is -0.393. The molecule has 1 fully saturated rings. The molecule has 4 N–H and O–H groups in total. The Morgan fingerprint density at radius 1 is 1.08 bits per heavy atom. The first kappa shape index (κ1) is 26.1. The van der Waals surface area contributed by atoms with E-state index in [1.165, 1.54) is 11.3 Å². The molecule has 2 aromatic carbocycles. The van der Waals surface area contributed by atoms with Crippen molar-refractivity contribution in [3.05, 3.63) is 65.4 Å². The number of nitrogens with two attached hydrogens (primary N) is 1. The van der Waals surface area contributed by atoms with Crippen LogP contribution in [0.1, 0.15) is 66.4 Å². The second kappa shape index (κ2) is 11.4. The number of Topliss-reactive ketones (excluding diaryl/α,β-unsaturated/α-hetero) is 1. The summed E-state index contributed by atoms with van der Waals surface area (Å²) >= 11 is 0. The quantitative estimate of drug-likeness (QED) is 0.211. The molecule has 0 radical (unpaired) electrons. The lowest BCUT2D eigenvalue weighted by molar-refractivity contribution is -0.136. The minimum atomic E-state index is -1.06. The van der Waals surface area contributed by atoms with Crippen molar-refractivity contribution < 1.29 is 19.5 Å². The van der Waals surface area contributed by atoms with Crippen molar-refractivity contribution in [3.63, 3.8) is 0 Å². The lowest BCUT2D eigenvalue weighted by Crippen LogP contribution is -2.37. The third kappa shape index (κ3) is 6.25. The average Bonchev–Trinajstić information content (AvgIpc) is 3.22. The lowest BCUT2D eigenvalue weighted by Gasteiger charge is -2.26. The van der Waals surface area contributed by atoms with E-state index in [0.717, 1.165) is 42.1 Å². The van der Waals surface area contributed by atoms with Crippen LogP contribution in [0.15, 0.2) is 48.7 Å². The molecule has 0 atom stereocenters. The summed E-state index contributed by atoms with van der Waals surface area (Å²) in [6.07, 6.45) is 8.49. The fraction of sp³-hybridized carbons (Fsp3) is 0.379. The smallest absolute Gasteiger partial charge is 0.323 e. The number of benzene rings is 2. The highest BCUT2D eigenvalue weighted by Gasteiger charge is 2.25. The van der Waals surface area contributed by atoms with Gasteiger partial charge in [-0.15, -0.1) is 0 Å². The third-order valence-corrected chi connectivity index (χ3v) is 7.27. The van der Waals surface area contributed by atoms with Gasteiger partial charge < -0.3 is 20.3 Å². The molecule has 0 unspecified atom stereocenters. The Bertz CT molecular complexity index is 1320. The Morgan fingerprint density at radius 3 is 2.43 bits per heavy atom. The minimum Gasteiger partial charge on any atom is -0.480 e.